The van der Waals surface area contributed by atoms with E-state index in [1.165, 1.54) is 24.8 Å². The molecule has 1 N–H and O–H groups in total. The average Bonchev–Trinajstić information content (AvgIpc) is 3.46. The summed E-state index contributed by atoms with van der Waals surface area (Å²) in [5.41, 5.74) is 5.13. The number of nitrogens with zero attached hydrogens (tertiary/aromatic N) is 3. The summed E-state index contributed by atoms with van der Waals surface area (Å²) in [7, 11) is 0. The van der Waals surface area contributed by atoms with Gasteiger partial charge in [0.25, 0.3) is 5.91 Å². The molecular weight excluding hydrogens is 395 g/mol. The summed E-state index contributed by atoms with van der Waals surface area (Å²) in [5, 5.41) is 2.94. The molecule has 0 bridgehead atoms. The summed E-state index contributed by atoms with van der Waals surface area (Å²) in [4.78, 5) is 21.4. The number of carbonyl (C=O) groups is 1. The lowest BCUT2D eigenvalue weighted by Crippen LogP contribution is -2.23. The molecule has 0 fully saturated rings. The van der Waals surface area contributed by atoms with Gasteiger partial charge in [-0.15, -0.1) is 0 Å². The minimum absolute atomic E-state index is 0.228. The number of hydrogen-bond acceptors (Lipinski definition) is 4. The van der Waals surface area contributed by atoms with E-state index in [4.69, 9.17) is 4.42 Å². The predicted octanol–water partition coefficient (Wildman–Crippen LogP) is 4.73. The first-order valence-corrected chi connectivity index (χ1v) is 9.66. The van der Waals surface area contributed by atoms with E-state index >= 15 is 0 Å². The topological polar surface area (TPSA) is 72.4 Å². The van der Waals surface area contributed by atoms with Crippen LogP contribution in [0.2, 0.25) is 0 Å². The number of pyridine rings is 2. The zero-order chi connectivity index (χ0) is 21.2. The number of amides is 1. The molecule has 0 aliphatic rings. The molecule has 0 aliphatic carbocycles. The van der Waals surface area contributed by atoms with Crippen molar-refractivity contribution >= 4 is 11.4 Å². The lowest BCUT2D eigenvalue weighted by atomic mass is 10.1. The molecule has 1 amide bonds. The minimum atomic E-state index is -0.290. The Morgan fingerprint density at radius 1 is 1.10 bits per heavy atom. The van der Waals surface area contributed by atoms with Gasteiger partial charge in [-0.2, -0.15) is 0 Å². The zero-order valence-corrected chi connectivity index (χ0v) is 16.3. The molecule has 5 rings (SSSR count). The summed E-state index contributed by atoms with van der Waals surface area (Å²) in [6, 6.07) is 15.7. The summed E-state index contributed by atoms with van der Waals surface area (Å²) in [6.07, 6.45) is 8.14. The van der Waals surface area contributed by atoms with E-state index in [2.05, 4.69) is 15.3 Å². The van der Waals surface area contributed by atoms with Crippen molar-refractivity contribution < 1.29 is 13.6 Å². The summed E-state index contributed by atoms with van der Waals surface area (Å²) in [5.74, 6) is -0.518. The van der Waals surface area contributed by atoms with Crippen LogP contribution in [0.1, 0.15) is 15.9 Å². The van der Waals surface area contributed by atoms with Crippen LogP contribution < -0.4 is 5.32 Å². The molecule has 0 saturated heterocycles. The number of aromatic nitrogens is 3. The fraction of sp³-hybridized carbons (Fsp3) is 0.0417. The van der Waals surface area contributed by atoms with E-state index in [1.54, 1.807) is 24.5 Å². The highest BCUT2D eigenvalue weighted by atomic mass is 19.1. The van der Waals surface area contributed by atoms with E-state index in [1.807, 2.05) is 40.9 Å². The molecule has 31 heavy (non-hydrogen) atoms. The molecule has 5 aromatic rings. The number of rotatable bonds is 5. The summed E-state index contributed by atoms with van der Waals surface area (Å²) in [6.45, 7) is 0.359. The maximum absolute atomic E-state index is 13.3. The standard InChI is InChI=1S/C24H17FN4O2/c25-19-6-3-17(4-7-19)18-5-8-20-10-21(23(29(20)13-18)22-14-31-15-28-22)24(30)27-12-16-2-1-9-26-11-16/h1-11,13-15H,12H2,(H,27,30). The molecule has 0 aliphatic heterocycles. The zero-order valence-electron chi connectivity index (χ0n) is 16.3. The van der Waals surface area contributed by atoms with Crippen LogP contribution in [0, 0.1) is 5.82 Å². The van der Waals surface area contributed by atoms with E-state index < -0.39 is 0 Å². The largest absolute Gasteiger partial charge is 0.451 e. The molecule has 0 saturated carbocycles. The van der Waals surface area contributed by atoms with Crippen molar-refractivity contribution in [3.63, 3.8) is 0 Å². The monoisotopic (exact) mass is 412 g/mol. The van der Waals surface area contributed by atoms with Crippen molar-refractivity contribution in [2.45, 2.75) is 6.54 Å². The Morgan fingerprint density at radius 3 is 2.68 bits per heavy atom. The van der Waals surface area contributed by atoms with Crippen LogP contribution in [-0.2, 0) is 6.54 Å². The van der Waals surface area contributed by atoms with Crippen LogP contribution in [-0.4, -0.2) is 20.3 Å². The predicted molar refractivity (Wildman–Crippen MR) is 114 cm³/mol. The smallest absolute Gasteiger partial charge is 0.253 e. The second-order valence-corrected chi connectivity index (χ2v) is 7.04. The Morgan fingerprint density at radius 2 is 1.94 bits per heavy atom. The van der Waals surface area contributed by atoms with Crippen LogP contribution >= 0.6 is 0 Å². The molecule has 0 unspecified atom stereocenters. The number of halogens is 1. The second-order valence-electron chi connectivity index (χ2n) is 7.04. The Kier molecular flexibility index (Phi) is 4.76. The molecule has 0 atom stereocenters. The van der Waals surface area contributed by atoms with Gasteiger partial charge in [0.15, 0.2) is 6.39 Å². The Hall–Kier alpha value is -4.26. The first-order valence-electron chi connectivity index (χ1n) is 9.66. The SMILES string of the molecule is O=C(NCc1cccnc1)c1cc2ccc(-c3ccc(F)cc3)cn2c1-c1cocn1. The highest BCUT2D eigenvalue weighted by Crippen LogP contribution is 2.29. The third-order valence-corrected chi connectivity index (χ3v) is 5.04. The Labute approximate surface area is 177 Å². The number of fused-ring (bicyclic) bond motifs is 1. The van der Waals surface area contributed by atoms with Crippen LogP contribution in [0.3, 0.4) is 0 Å². The fourth-order valence-corrected chi connectivity index (χ4v) is 3.53. The van der Waals surface area contributed by atoms with Crippen molar-refractivity contribution in [2.75, 3.05) is 0 Å². The van der Waals surface area contributed by atoms with Crippen molar-refractivity contribution in [3.05, 3.63) is 103 Å². The van der Waals surface area contributed by atoms with E-state index in [0.29, 0.717) is 23.5 Å². The van der Waals surface area contributed by atoms with E-state index in [-0.39, 0.29) is 11.7 Å². The van der Waals surface area contributed by atoms with Gasteiger partial charge in [-0.25, -0.2) is 9.37 Å². The maximum Gasteiger partial charge on any atom is 0.253 e. The number of benzene rings is 1. The van der Waals surface area contributed by atoms with Gasteiger partial charge in [0, 0.05) is 30.7 Å². The minimum Gasteiger partial charge on any atom is -0.451 e. The van der Waals surface area contributed by atoms with E-state index in [9.17, 15) is 9.18 Å². The third-order valence-electron chi connectivity index (χ3n) is 5.04. The molecule has 0 radical (unpaired) electrons. The molecule has 152 valence electrons. The average molecular weight is 412 g/mol. The summed E-state index contributed by atoms with van der Waals surface area (Å²) >= 11 is 0. The lowest BCUT2D eigenvalue weighted by molar-refractivity contribution is 0.0951. The first kappa shape index (κ1) is 18.7. The Balaban J connectivity index is 1.57. The molecule has 4 heterocycles. The number of hydrogen-bond donors (Lipinski definition) is 1. The quantitative estimate of drug-likeness (QED) is 0.453. The fourth-order valence-electron chi connectivity index (χ4n) is 3.53. The Bertz CT molecular complexity index is 1340. The van der Waals surface area contributed by atoms with Crippen molar-refractivity contribution in [2.24, 2.45) is 0 Å². The number of nitrogens with one attached hydrogen (secondary N) is 1. The van der Waals surface area contributed by atoms with Crippen LogP contribution in [0.25, 0.3) is 28.0 Å². The van der Waals surface area contributed by atoms with Crippen LogP contribution in [0.15, 0.2) is 90.3 Å². The number of oxazole rings is 1. The first-order chi connectivity index (χ1) is 15.2. The lowest BCUT2D eigenvalue weighted by Gasteiger charge is -2.08. The van der Waals surface area contributed by atoms with Gasteiger partial charge in [0.2, 0.25) is 0 Å². The molecular formula is C24H17FN4O2. The van der Waals surface area contributed by atoms with Crippen molar-refractivity contribution in [1.29, 1.82) is 0 Å². The van der Waals surface area contributed by atoms with Gasteiger partial charge in [-0.1, -0.05) is 24.3 Å². The normalized spacial score (nSPS) is 11.0. The van der Waals surface area contributed by atoms with Gasteiger partial charge in [-0.05, 0) is 47.0 Å². The third kappa shape index (κ3) is 3.69. The van der Waals surface area contributed by atoms with Gasteiger partial charge in [0.05, 0.1) is 11.3 Å². The maximum atomic E-state index is 13.3. The molecule has 7 heteroatoms. The van der Waals surface area contributed by atoms with Crippen LogP contribution in [0.5, 0.6) is 0 Å². The van der Waals surface area contributed by atoms with Crippen LogP contribution in [0.4, 0.5) is 4.39 Å². The highest BCUT2D eigenvalue weighted by Gasteiger charge is 2.20. The second kappa shape index (κ2) is 7.87. The van der Waals surface area contributed by atoms with E-state index in [0.717, 1.165) is 22.2 Å². The van der Waals surface area contributed by atoms with Gasteiger partial charge in [0.1, 0.15) is 17.8 Å². The van der Waals surface area contributed by atoms with Gasteiger partial charge in [-0.3, -0.25) is 9.78 Å². The highest BCUT2D eigenvalue weighted by molar-refractivity contribution is 6.02. The van der Waals surface area contributed by atoms with Crippen molar-refractivity contribution in [1.82, 2.24) is 19.7 Å². The number of carbonyl (C=O) groups excluding carboxylic acids is 1. The van der Waals surface area contributed by atoms with Gasteiger partial charge < -0.3 is 14.1 Å². The van der Waals surface area contributed by atoms with Crippen molar-refractivity contribution in [3.8, 4) is 22.5 Å². The molecule has 4 aromatic heterocycles. The molecule has 6 nitrogen and oxygen atoms in total. The molecule has 0 spiro atoms. The summed E-state index contributed by atoms with van der Waals surface area (Å²) < 4.78 is 20.4. The van der Waals surface area contributed by atoms with Gasteiger partial charge >= 0.3 is 0 Å². The molecule has 1 aromatic carbocycles.